The first-order valence-electron chi connectivity index (χ1n) is 6.45. The second kappa shape index (κ2) is 4.88. The van der Waals surface area contributed by atoms with Gasteiger partial charge in [0.15, 0.2) is 0 Å². The summed E-state index contributed by atoms with van der Waals surface area (Å²) in [6.45, 7) is 2.81. The van der Waals surface area contributed by atoms with Crippen LogP contribution in [0.4, 0.5) is 0 Å². The molecule has 2 aromatic rings. The van der Waals surface area contributed by atoms with E-state index in [2.05, 4.69) is 16.9 Å². The Bertz CT molecular complexity index is 637. The minimum atomic E-state index is 0.137. The Morgan fingerprint density at radius 2 is 2.32 bits per heavy atom. The third-order valence-electron chi connectivity index (χ3n) is 3.34. The molecule has 0 saturated carbocycles. The standard InChI is InChI=1S/C15H16N2O2/c1-3-11-9-16-8-10-6-13-12(7-15(10)19-11)14(18-2)4-5-17-13/h4-8,11H,3,9H2,1-2H3/t11-/m1/s1. The van der Waals surface area contributed by atoms with Crippen LogP contribution in [0.15, 0.2) is 29.4 Å². The monoisotopic (exact) mass is 256 g/mol. The average Bonchev–Trinajstić information content (AvgIpc) is 2.65. The van der Waals surface area contributed by atoms with Gasteiger partial charge >= 0.3 is 0 Å². The minimum Gasteiger partial charge on any atom is -0.496 e. The topological polar surface area (TPSA) is 43.7 Å². The van der Waals surface area contributed by atoms with E-state index in [4.69, 9.17) is 9.47 Å². The summed E-state index contributed by atoms with van der Waals surface area (Å²) >= 11 is 0. The molecular formula is C15H16N2O2. The highest BCUT2D eigenvalue weighted by Crippen LogP contribution is 2.31. The van der Waals surface area contributed by atoms with Gasteiger partial charge in [-0.2, -0.15) is 0 Å². The molecule has 1 aliphatic heterocycles. The zero-order valence-electron chi connectivity index (χ0n) is 11.1. The molecule has 0 bridgehead atoms. The van der Waals surface area contributed by atoms with E-state index in [1.807, 2.05) is 24.4 Å². The van der Waals surface area contributed by atoms with Gasteiger partial charge < -0.3 is 9.47 Å². The van der Waals surface area contributed by atoms with Crippen LogP contribution < -0.4 is 9.47 Å². The fourth-order valence-electron chi connectivity index (χ4n) is 2.24. The lowest BCUT2D eigenvalue weighted by atomic mass is 10.1. The van der Waals surface area contributed by atoms with E-state index >= 15 is 0 Å². The van der Waals surface area contributed by atoms with Crippen LogP contribution >= 0.6 is 0 Å². The zero-order valence-corrected chi connectivity index (χ0v) is 11.1. The molecule has 1 atom stereocenters. The molecule has 4 nitrogen and oxygen atoms in total. The maximum Gasteiger partial charge on any atom is 0.129 e. The number of aromatic nitrogens is 1. The number of nitrogens with zero attached hydrogens (tertiary/aromatic N) is 2. The summed E-state index contributed by atoms with van der Waals surface area (Å²) in [5, 5.41) is 0.967. The van der Waals surface area contributed by atoms with Gasteiger partial charge in [-0.15, -0.1) is 0 Å². The highest BCUT2D eigenvalue weighted by molar-refractivity contribution is 5.94. The van der Waals surface area contributed by atoms with Gasteiger partial charge in [-0.05, 0) is 24.6 Å². The number of ether oxygens (including phenoxy) is 2. The Hall–Kier alpha value is -2.10. The molecular weight excluding hydrogens is 240 g/mol. The lowest BCUT2D eigenvalue weighted by Crippen LogP contribution is -2.17. The molecule has 3 rings (SSSR count). The van der Waals surface area contributed by atoms with Crippen molar-refractivity contribution in [2.24, 2.45) is 4.99 Å². The maximum atomic E-state index is 6.01. The van der Waals surface area contributed by atoms with Crippen LogP contribution in [0.25, 0.3) is 10.9 Å². The lowest BCUT2D eigenvalue weighted by Gasteiger charge is -2.15. The number of benzene rings is 1. The third-order valence-corrected chi connectivity index (χ3v) is 3.34. The van der Waals surface area contributed by atoms with Crippen LogP contribution in [-0.4, -0.2) is 31.0 Å². The molecule has 0 spiro atoms. The van der Waals surface area contributed by atoms with Crippen molar-refractivity contribution in [3.8, 4) is 11.5 Å². The van der Waals surface area contributed by atoms with E-state index in [0.717, 1.165) is 34.4 Å². The zero-order chi connectivity index (χ0) is 13.2. The highest BCUT2D eigenvalue weighted by Gasteiger charge is 2.15. The second-order valence-corrected chi connectivity index (χ2v) is 4.56. The summed E-state index contributed by atoms with van der Waals surface area (Å²) in [5.41, 5.74) is 1.87. The van der Waals surface area contributed by atoms with Crippen molar-refractivity contribution in [1.82, 2.24) is 4.98 Å². The van der Waals surface area contributed by atoms with Gasteiger partial charge in [-0.3, -0.25) is 9.98 Å². The Balaban J connectivity index is 2.17. The number of pyridine rings is 1. The molecule has 0 fully saturated rings. The van der Waals surface area contributed by atoms with Gasteiger partial charge in [0.1, 0.15) is 17.6 Å². The van der Waals surface area contributed by atoms with E-state index in [9.17, 15) is 0 Å². The van der Waals surface area contributed by atoms with E-state index in [1.54, 1.807) is 13.3 Å². The molecule has 1 aromatic heterocycles. The van der Waals surface area contributed by atoms with Gasteiger partial charge in [0.2, 0.25) is 0 Å². The summed E-state index contributed by atoms with van der Waals surface area (Å²) in [7, 11) is 1.66. The third kappa shape index (κ3) is 2.14. The highest BCUT2D eigenvalue weighted by atomic mass is 16.5. The SMILES string of the molecule is CC[C@@H]1CN=Cc2cc3nccc(OC)c3cc2O1. The van der Waals surface area contributed by atoms with Gasteiger partial charge in [-0.1, -0.05) is 6.92 Å². The predicted molar refractivity (Wildman–Crippen MR) is 75.5 cm³/mol. The van der Waals surface area contributed by atoms with E-state index < -0.39 is 0 Å². The van der Waals surface area contributed by atoms with Crippen molar-refractivity contribution in [3.05, 3.63) is 30.0 Å². The fourth-order valence-corrected chi connectivity index (χ4v) is 2.24. The molecule has 0 aliphatic carbocycles. The second-order valence-electron chi connectivity index (χ2n) is 4.56. The van der Waals surface area contributed by atoms with E-state index in [0.29, 0.717) is 6.54 Å². The van der Waals surface area contributed by atoms with Gasteiger partial charge in [-0.25, -0.2) is 0 Å². The minimum absolute atomic E-state index is 0.137. The first-order valence-corrected chi connectivity index (χ1v) is 6.45. The number of rotatable bonds is 2. The summed E-state index contributed by atoms with van der Waals surface area (Å²) < 4.78 is 11.4. The quantitative estimate of drug-likeness (QED) is 0.829. The predicted octanol–water partition coefficient (Wildman–Crippen LogP) is 2.83. The Labute approximate surface area is 112 Å². The molecule has 0 radical (unpaired) electrons. The summed E-state index contributed by atoms with van der Waals surface area (Å²) in [6, 6.07) is 5.85. The summed E-state index contributed by atoms with van der Waals surface area (Å²) in [6.07, 6.45) is 4.69. The number of fused-ring (bicyclic) bond motifs is 2. The number of hydrogen-bond acceptors (Lipinski definition) is 4. The van der Waals surface area contributed by atoms with Crippen LogP contribution in [0.3, 0.4) is 0 Å². The molecule has 0 N–H and O–H groups in total. The van der Waals surface area contributed by atoms with Crippen molar-refractivity contribution in [3.63, 3.8) is 0 Å². The lowest BCUT2D eigenvalue weighted by molar-refractivity contribution is 0.208. The Morgan fingerprint density at radius 3 is 3.11 bits per heavy atom. The van der Waals surface area contributed by atoms with Crippen molar-refractivity contribution in [1.29, 1.82) is 0 Å². The van der Waals surface area contributed by atoms with Crippen LogP contribution in [0.5, 0.6) is 11.5 Å². The molecule has 19 heavy (non-hydrogen) atoms. The molecule has 2 heterocycles. The van der Waals surface area contributed by atoms with Gasteiger partial charge in [0.25, 0.3) is 0 Å². The van der Waals surface area contributed by atoms with E-state index in [1.165, 1.54) is 0 Å². The molecule has 0 amide bonds. The fraction of sp³-hybridized carbons (Fsp3) is 0.333. The average molecular weight is 256 g/mol. The van der Waals surface area contributed by atoms with Crippen LogP contribution in [-0.2, 0) is 0 Å². The van der Waals surface area contributed by atoms with Crippen LogP contribution in [0.2, 0.25) is 0 Å². The molecule has 1 aromatic carbocycles. The largest absolute Gasteiger partial charge is 0.496 e. The molecule has 0 saturated heterocycles. The first kappa shape index (κ1) is 12.0. The van der Waals surface area contributed by atoms with Crippen molar-refractivity contribution >= 4 is 17.1 Å². The summed E-state index contributed by atoms with van der Waals surface area (Å²) in [5.74, 6) is 1.66. The number of methoxy groups -OCH3 is 1. The molecule has 98 valence electrons. The van der Waals surface area contributed by atoms with Crippen molar-refractivity contribution < 1.29 is 9.47 Å². The van der Waals surface area contributed by atoms with Gasteiger partial charge in [0, 0.05) is 23.4 Å². The number of hydrogen-bond donors (Lipinski definition) is 0. The number of aliphatic imine (C=N–C) groups is 1. The summed E-state index contributed by atoms with van der Waals surface area (Å²) in [4.78, 5) is 8.78. The van der Waals surface area contributed by atoms with Crippen LogP contribution in [0.1, 0.15) is 18.9 Å². The smallest absolute Gasteiger partial charge is 0.129 e. The molecule has 1 aliphatic rings. The first-order chi connectivity index (χ1) is 9.31. The van der Waals surface area contributed by atoms with Crippen LogP contribution in [0, 0.1) is 0 Å². The van der Waals surface area contributed by atoms with Gasteiger partial charge in [0.05, 0.1) is 19.2 Å². The van der Waals surface area contributed by atoms with Crippen molar-refractivity contribution in [2.45, 2.75) is 19.4 Å². The maximum absolute atomic E-state index is 6.01. The normalized spacial score (nSPS) is 17.7. The Morgan fingerprint density at radius 1 is 1.42 bits per heavy atom. The molecule has 4 heteroatoms. The molecule has 0 unspecified atom stereocenters. The van der Waals surface area contributed by atoms with Crippen molar-refractivity contribution in [2.75, 3.05) is 13.7 Å². The Kier molecular flexibility index (Phi) is 3.07. The van der Waals surface area contributed by atoms with E-state index in [-0.39, 0.29) is 6.10 Å².